The van der Waals surface area contributed by atoms with Crippen molar-refractivity contribution in [3.63, 3.8) is 0 Å². The number of hydrogen-bond acceptors (Lipinski definition) is 6. The van der Waals surface area contributed by atoms with Crippen LogP contribution in [0.25, 0.3) is 22.0 Å². The zero-order valence-corrected chi connectivity index (χ0v) is 19.3. The summed E-state index contributed by atoms with van der Waals surface area (Å²) >= 11 is 0. The first-order valence-electron chi connectivity index (χ1n) is 11.4. The molecule has 10 heteroatoms. The number of piperazine rings is 1. The van der Waals surface area contributed by atoms with Gasteiger partial charge in [-0.1, -0.05) is 18.2 Å². The quantitative estimate of drug-likeness (QED) is 0.401. The van der Waals surface area contributed by atoms with Gasteiger partial charge in [0.25, 0.3) is 5.91 Å². The summed E-state index contributed by atoms with van der Waals surface area (Å²) in [7, 11) is 0. The molecule has 0 aliphatic carbocycles. The van der Waals surface area contributed by atoms with Crippen LogP contribution in [0.5, 0.6) is 5.75 Å². The molecule has 4 aromatic rings. The highest BCUT2D eigenvalue weighted by Crippen LogP contribution is 2.33. The summed E-state index contributed by atoms with van der Waals surface area (Å²) < 4.78 is 41.5. The maximum atomic E-state index is 12.9. The van der Waals surface area contributed by atoms with Gasteiger partial charge in [-0.25, -0.2) is 0 Å². The Labute approximate surface area is 205 Å². The van der Waals surface area contributed by atoms with Gasteiger partial charge in [-0.15, -0.1) is 23.4 Å². The van der Waals surface area contributed by atoms with E-state index >= 15 is 0 Å². The molecule has 0 bridgehead atoms. The van der Waals surface area contributed by atoms with E-state index in [0.717, 1.165) is 10.8 Å². The van der Waals surface area contributed by atoms with Crippen molar-refractivity contribution in [1.82, 2.24) is 20.1 Å². The van der Waals surface area contributed by atoms with Gasteiger partial charge in [0.1, 0.15) is 11.4 Å². The number of halogens is 3. The number of aromatic nitrogens is 3. The Bertz CT molecular complexity index is 1380. The number of benzene rings is 2. The number of alkyl halides is 3. The first-order valence-corrected chi connectivity index (χ1v) is 11.4. The van der Waals surface area contributed by atoms with Crippen LogP contribution in [0.3, 0.4) is 0 Å². The second kappa shape index (κ2) is 9.44. The Hall–Kier alpha value is -4.21. The SMILES string of the molecule is CC1CN(C(=O)c2ccccc2)CCN1c1nnc(-c2ccc(OC(F)(F)F)cc2)c2ccncc12. The van der Waals surface area contributed by atoms with Crippen LogP contribution >= 0.6 is 0 Å². The number of carbonyl (C=O) groups excluding carboxylic acids is 1. The van der Waals surface area contributed by atoms with E-state index in [0.29, 0.717) is 42.3 Å². The van der Waals surface area contributed by atoms with Crippen molar-refractivity contribution < 1.29 is 22.7 Å². The standard InChI is InChI=1S/C26H22F3N5O2/c1-17-16-33(25(35)19-5-3-2-4-6-19)13-14-34(17)24-22-15-30-12-11-21(22)23(31-32-24)18-7-9-20(10-8-18)36-26(27,28)29/h2-12,15,17H,13-14,16H2,1H3. The lowest BCUT2D eigenvalue weighted by atomic mass is 10.0. The Kier molecular flexibility index (Phi) is 6.17. The second-order valence-corrected chi connectivity index (χ2v) is 8.53. The highest BCUT2D eigenvalue weighted by Gasteiger charge is 2.31. The van der Waals surface area contributed by atoms with Gasteiger partial charge >= 0.3 is 6.36 Å². The van der Waals surface area contributed by atoms with E-state index in [1.54, 1.807) is 12.4 Å². The van der Waals surface area contributed by atoms with Gasteiger partial charge in [0.05, 0.1) is 0 Å². The van der Waals surface area contributed by atoms with E-state index in [9.17, 15) is 18.0 Å². The lowest BCUT2D eigenvalue weighted by molar-refractivity contribution is -0.274. The number of fused-ring (bicyclic) bond motifs is 1. The number of carbonyl (C=O) groups is 1. The van der Waals surface area contributed by atoms with E-state index < -0.39 is 6.36 Å². The van der Waals surface area contributed by atoms with Crippen molar-refractivity contribution in [2.75, 3.05) is 24.5 Å². The second-order valence-electron chi connectivity index (χ2n) is 8.53. The van der Waals surface area contributed by atoms with Crippen molar-refractivity contribution in [3.05, 3.63) is 78.6 Å². The highest BCUT2D eigenvalue weighted by molar-refractivity contribution is 6.00. The molecule has 5 rings (SSSR count). The number of rotatable bonds is 4. The minimum Gasteiger partial charge on any atom is -0.406 e. The summed E-state index contributed by atoms with van der Waals surface area (Å²) in [6.45, 7) is 3.66. The molecule has 3 heterocycles. The molecule has 1 aliphatic rings. The minimum atomic E-state index is -4.76. The zero-order valence-electron chi connectivity index (χ0n) is 19.3. The fourth-order valence-electron chi connectivity index (χ4n) is 4.44. The summed E-state index contributed by atoms with van der Waals surface area (Å²) in [4.78, 5) is 21.1. The molecule has 1 amide bonds. The lowest BCUT2D eigenvalue weighted by Gasteiger charge is -2.40. The normalized spacial score (nSPS) is 16.3. The predicted molar refractivity (Wildman–Crippen MR) is 129 cm³/mol. The Morgan fingerprint density at radius 2 is 1.72 bits per heavy atom. The molecule has 7 nitrogen and oxygen atoms in total. The van der Waals surface area contributed by atoms with Gasteiger partial charge in [0.15, 0.2) is 5.82 Å². The Balaban J connectivity index is 1.41. The van der Waals surface area contributed by atoms with Crippen LogP contribution in [-0.2, 0) is 0 Å². The monoisotopic (exact) mass is 493 g/mol. The van der Waals surface area contributed by atoms with Crippen LogP contribution in [-0.4, -0.2) is 58.0 Å². The molecule has 0 saturated carbocycles. The van der Waals surface area contributed by atoms with E-state index in [1.807, 2.05) is 48.2 Å². The number of ether oxygens (including phenoxy) is 1. The molecule has 36 heavy (non-hydrogen) atoms. The molecule has 1 aliphatic heterocycles. The Morgan fingerprint density at radius 1 is 0.972 bits per heavy atom. The van der Waals surface area contributed by atoms with Gasteiger partial charge in [-0.3, -0.25) is 9.78 Å². The third-order valence-electron chi connectivity index (χ3n) is 6.13. The molecular weight excluding hydrogens is 471 g/mol. The van der Waals surface area contributed by atoms with Gasteiger partial charge in [-0.2, -0.15) is 0 Å². The summed E-state index contributed by atoms with van der Waals surface area (Å²) in [5.74, 6) is 0.338. The maximum absolute atomic E-state index is 12.9. The number of amides is 1. The van der Waals surface area contributed by atoms with Crippen LogP contribution in [0.2, 0.25) is 0 Å². The van der Waals surface area contributed by atoms with Crippen LogP contribution < -0.4 is 9.64 Å². The molecule has 1 atom stereocenters. The summed E-state index contributed by atoms with van der Waals surface area (Å²) in [6.07, 6.45) is -1.41. The summed E-state index contributed by atoms with van der Waals surface area (Å²) in [6, 6.07) is 16.5. The average molecular weight is 493 g/mol. The molecule has 2 aromatic heterocycles. The van der Waals surface area contributed by atoms with Crippen LogP contribution in [0.4, 0.5) is 19.0 Å². The van der Waals surface area contributed by atoms with Crippen LogP contribution in [0, 0.1) is 0 Å². The lowest BCUT2D eigenvalue weighted by Crippen LogP contribution is -2.54. The summed E-state index contributed by atoms with van der Waals surface area (Å²) in [5, 5.41) is 10.5. The third-order valence-corrected chi connectivity index (χ3v) is 6.13. The number of pyridine rings is 1. The smallest absolute Gasteiger partial charge is 0.406 e. The first kappa shape index (κ1) is 23.5. The van der Waals surface area contributed by atoms with Crippen molar-refractivity contribution in [1.29, 1.82) is 0 Å². The third kappa shape index (κ3) is 4.79. The van der Waals surface area contributed by atoms with Crippen molar-refractivity contribution in [2.45, 2.75) is 19.3 Å². The molecule has 1 saturated heterocycles. The fraction of sp³-hybridized carbons (Fsp3) is 0.231. The number of nitrogens with zero attached hydrogens (tertiary/aromatic N) is 5. The topological polar surface area (TPSA) is 71.5 Å². The average Bonchev–Trinajstić information content (AvgIpc) is 2.88. The molecule has 0 radical (unpaired) electrons. The molecular formula is C26H22F3N5O2. The number of anilines is 1. The predicted octanol–water partition coefficient (Wildman–Crippen LogP) is 4.94. The minimum absolute atomic E-state index is 0.00648. The molecule has 1 fully saturated rings. The van der Waals surface area contributed by atoms with Gasteiger partial charge in [0, 0.05) is 60.0 Å². The van der Waals surface area contributed by atoms with Crippen LogP contribution in [0.1, 0.15) is 17.3 Å². The zero-order chi connectivity index (χ0) is 25.3. The van der Waals surface area contributed by atoms with Crippen molar-refractivity contribution in [2.24, 2.45) is 0 Å². The molecule has 1 unspecified atom stereocenters. The van der Waals surface area contributed by atoms with Crippen LogP contribution in [0.15, 0.2) is 73.1 Å². The van der Waals surface area contributed by atoms with E-state index in [4.69, 9.17) is 0 Å². The van der Waals surface area contributed by atoms with Crippen molar-refractivity contribution in [3.8, 4) is 17.0 Å². The molecule has 2 aromatic carbocycles. The van der Waals surface area contributed by atoms with Gasteiger partial charge in [0.2, 0.25) is 0 Å². The fourth-order valence-corrected chi connectivity index (χ4v) is 4.44. The first-order chi connectivity index (χ1) is 17.3. The summed E-state index contributed by atoms with van der Waals surface area (Å²) in [5.41, 5.74) is 1.79. The van der Waals surface area contributed by atoms with Gasteiger partial charge in [-0.05, 0) is 49.4 Å². The Morgan fingerprint density at radius 3 is 2.42 bits per heavy atom. The largest absolute Gasteiger partial charge is 0.573 e. The molecule has 0 N–H and O–H groups in total. The maximum Gasteiger partial charge on any atom is 0.573 e. The number of hydrogen-bond donors (Lipinski definition) is 0. The van der Waals surface area contributed by atoms with E-state index in [2.05, 4.69) is 24.8 Å². The molecule has 184 valence electrons. The van der Waals surface area contributed by atoms with Crippen molar-refractivity contribution >= 4 is 22.5 Å². The van der Waals surface area contributed by atoms with E-state index in [1.165, 1.54) is 24.3 Å². The molecule has 0 spiro atoms. The van der Waals surface area contributed by atoms with Gasteiger partial charge < -0.3 is 14.5 Å². The highest BCUT2D eigenvalue weighted by atomic mass is 19.4. The van der Waals surface area contributed by atoms with E-state index in [-0.39, 0.29) is 17.7 Å².